The maximum atomic E-state index is 6.16. The number of ether oxygens (including phenoxy) is 1. The molecule has 0 N–H and O–H groups in total. The van der Waals surface area contributed by atoms with Gasteiger partial charge in [-0.1, -0.05) is 60.7 Å². The van der Waals surface area contributed by atoms with Crippen molar-refractivity contribution in [3.63, 3.8) is 0 Å². The number of rotatable bonds is 4. The zero-order valence-corrected chi connectivity index (χ0v) is 14.0. The molecule has 0 amide bonds. The van der Waals surface area contributed by atoms with E-state index in [9.17, 15) is 0 Å². The minimum absolute atomic E-state index is 0.322. The number of fused-ring (bicyclic) bond motifs is 1. The van der Waals surface area contributed by atoms with Gasteiger partial charge in [-0.25, -0.2) is 0 Å². The summed E-state index contributed by atoms with van der Waals surface area (Å²) in [5.41, 5.74) is 1.27. The Hall–Kier alpha value is -1.77. The van der Waals surface area contributed by atoms with Crippen LogP contribution in [-0.4, -0.2) is 17.6 Å². The van der Waals surface area contributed by atoms with Crippen LogP contribution in [0.25, 0.3) is 10.8 Å². The minimum Gasteiger partial charge on any atom is -0.368 e. The van der Waals surface area contributed by atoms with Gasteiger partial charge >= 0.3 is 0 Å². The molecule has 1 nitrogen and oxygen atoms in total. The van der Waals surface area contributed by atoms with Crippen molar-refractivity contribution in [3.05, 3.63) is 78.4 Å². The fraction of sp³-hybridized carbons (Fsp3) is 0.238. The van der Waals surface area contributed by atoms with Gasteiger partial charge in [0.05, 0.1) is 6.61 Å². The molecule has 3 aromatic rings. The fourth-order valence-corrected chi connectivity index (χ4v) is 5.82. The van der Waals surface area contributed by atoms with Gasteiger partial charge in [0.1, 0.15) is 17.6 Å². The fourth-order valence-electron chi connectivity index (χ4n) is 3.23. The predicted molar refractivity (Wildman–Crippen MR) is 98.9 cm³/mol. The van der Waals surface area contributed by atoms with E-state index in [4.69, 9.17) is 4.74 Å². The summed E-state index contributed by atoms with van der Waals surface area (Å²) in [6.45, 7) is 0.734. The first-order valence-electron chi connectivity index (χ1n) is 8.21. The summed E-state index contributed by atoms with van der Waals surface area (Å²) in [6.07, 6.45) is 1.58. The Morgan fingerprint density at radius 2 is 1.65 bits per heavy atom. The van der Waals surface area contributed by atoms with E-state index in [1.54, 1.807) is 0 Å². The lowest BCUT2D eigenvalue weighted by Gasteiger charge is -2.09. The summed E-state index contributed by atoms with van der Waals surface area (Å²) >= 11 is 0. The van der Waals surface area contributed by atoms with E-state index in [1.807, 2.05) is 0 Å². The van der Waals surface area contributed by atoms with Crippen molar-refractivity contribution in [3.8, 4) is 0 Å². The van der Waals surface area contributed by atoms with Gasteiger partial charge in [0, 0.05) is 22.7 Å². The molecule has 2 unspecified atom stereocenters. The molecular formula is C21H21OS+. The summed E-state index contributed by atoms with van der Waals surface area (Å²) in [4.78, 5) is 1.52. The van der Waals surface area contributed by atoms with Crippen LogP contribution in [0.4, 0.5) is 0 Å². The van der Waals surface area contributed by atoms with Gasteiger partial charge < -0.3 is 4.74 Å². The Labute approximate surface area is 140 Å². The molecule has 23 heavy (non-hydrogen) atoms. The molecule has 1 aliphatic rings. The summed E-state index contributed by atoms with van der Waals surface area (Å²) in [5, 5.41) is 2.77. The first-order valence-corrected chi connectivity index (χ1v) is 9.77. The van der Waals surface area contributed by atoms with Gasteiger partial charge in [-0.3, -0.25) is 0 Å². The van der Waals surface area contributed by atoms with Crippen LogP contribution in [0.5, 0.6) is 0 Å². The van der Waals surface area contributed by atoms with Crippen LogP contribution in [0.1, 0.15) is 12.0 Å². The molecule has 1 heterocycles. The van der Waals surface area contributed by atoms with Gasteiger partial charge in [0.2, 0.25) is 0 Å². The summed E-state index contributed by atoms with van der Waals surface area (Å²) in [7, 11) is 0.322. The molecule has 1 aliphatic heterocycles. The molecule has 1 saturated heterocycles. The average Bonchev–Trinajstić information content (AvgIpc) is 3.09. The molecule has 116 valence electrons. The van der Waals surface area contributed by atoms with Crippen molar-refractivity contribution >= 4 is 21.7 Å². The molecule has 4 rings (SSSR count). The highest BCUT2D eigenvalue weighted by molar-refractivity contribution is 7.97. The molecule has 3 aromatic carbocycles. The van der Waals surface area contributed by atoms with Crippen LogP contribution >= 0.6 is 0 Å². The molecule has 2 atom stereocenters. The third kappa shape index (κ3) is 3.29. The van der Waals surface area contributed by atoms with Crippen LogP contribution in [-0.2, 0) is 22.2 Å². The van der Waals surface area contributed by atoms with Crippen LogP contribution in [0.2, 0.25) is 0 Å². The zero-order chi connectivity index (χ0) is 15.5. The summed E-state index contributed by atoms with van der Waals surface area (Å²) in [5.74, 6) is 2.42. The lowest BCUT2D eigenvalue weighted by molar-refractivity contribution is 0.0582. The molecular weight excluding hydrogens is 300 g/mol. The monoisotopic (exact) mass is 321 g/mol. The van der Waals surface area contributed by atoms with Gasteiger partial charge in [0.15, 0.2) is 4.90 Å². The molecule has 1 fully saturated rings. The predicted octanol–water partition coefficient (Wildman–Crippen LogP) is 4.81. The lowest BCUT2D eigenvalue weighted by Crippen LogP contribution is -2.15. The van der Waals surface area contributed by atoms with Crippen molar-refractivity contribution in [1.82, 2.24) is 0 Å². The van der Waals surface area contributed by atoms with E-state index in [0.717, 1.165) is 6.61 Å². The van der Waals surface area contributed by atoms with E-state index in [-0.39, 0.29) is 0 Å². The second-order valence-corrected chi connectivity index (χ2v) is 8.22. The number of benzene rings is 3. The molecule has 0 aliphatic carbocycles. The third-order valence-corrected chi connectivity index (χ3v) is 6.94. The first-order chi connectivity index (χ1) is 11.4. The van der Waals surface area contributed by atoms with E-state index in [2.05, 4.69) is 72.8 Å². The maximum absolute atomic E-state index is 6.16. The highest BCUT2D eigenvalue weighted by atomic mass is 32.2. The van der Waals surface area contributed by atoms with Crippen molar-refractivity contribution in [1.29, 1.82) is 0 Å². The van der Waals surface area contributed by atoms with Crippen LogP contribution in [0.15, 0.2) is 77.7 Å². The van der Waals surface area contributed by atoms with Crippen LogP contribution in [0, 0.1) is 0 Å². The lowest BCUT2D eigenvalue weighted by atomic mass is 10.1. The molecule has 2 heteroatoms. The van der Waals surface area contributed by atoms with Crippen molar-refractivity contribution in [2.24, 2.45) is 0 Å². The molecule has 0 radical (unpaired) electrons. The minimum atomic E-state index is 0.322. The van der Waals surface area contributed by atoms with E-state index >= 15 is 0 Å². The second kappa shape index (κ2) is 6.77. The number of hydrogen-bond donors (Lipinski definition) is 0. The highest BCUT2D eigenvalue weighted by Gasteiger charge is 2.36. The van der Waals surface area contributed by atoms with Gasteiger partial charge in [0.25, 0.3) is 0 Å². The van der Waals surface area contributed by atoms with Gasteiger partial charge in [-0.15, -0.1) is 0 Å². The Kier molecular flexibility index (Phi) is 4.36. The van der Waals surface area contributed by atoms with E-state index in [1.165, 1.54) is 39.2 Å². The van der Waals surface area contributed by atoms with Crippen molar-refractivity contribution in [2.45, 2.75) is 24.0 Å². The van der Waals surface area contributed by atoms with E-state index < -0.39 is 0 Å². The number of hydrogen-bond acceptors (Lipinski definition) is 1. The summed E-state index contributed by atoms with van der Waals surface area (Å²) in [6, 6.07) is 25.9. The van der Waals surface area contributed by atoms with Gasteiger partial charge in [-0.2, -0.15) is 0 Å². The van der Waals surface area contributed by atoms with Gasteiger partial charge in [-0.05, 0) is 23.1 Å². The summed E-state index contributed by atoms with van der Waals surface area (Å²) < 4.78 is 6.16. The molecule has 0 spiro atoms. The molecule has 0 aromatic heterocycles. The van der Waals surface area contributed by atoms with Crippen molar-refractivity contribution in [2.75, 3.05) is 11.5 Å². The normalized spacial score (nSPS) is 20.9. The SMILES string of the molecule is c1ccc(COC2CC[S+](c3cccc4ccccc34)C2)cc1. The Morgan fingerprint density at radius 1 is 0.870 bits per heavy atom. The van der Waals surface area contributed by atoms with Crippen LogP contribution in [0.3, 0.4) is 0 Å². The largest absolute Gasteiger partial charge is 0.368 e. The van der Waals surface area contributed by atoms with Crippen molar-refractivity contribution < 1.29 is 4.74 Å². The van der Waals surface area contributed by atoms with Crippen LogP contribution < -0.4 is 0 Å². The Bertz CT molecular complexity index is 779. The molecule has 0 bridgehead atoms. The standard InChI is InChI=1S/C21H21OS/c1-2-7-17(8-3-1)15-22-19-13-14-23(16-19)21-12-6-10-18-9-4-5-11-20(18)21/h1-12,19H,13-16H2/q+1. The first kappa shape index (κ1) is 14.8. The third-order valence-electron chi connectivity index (χ3n) is 4.46. The average molecular weight is 321 g/mol. The Morgan fingerprint density at radius 3 is 2.57 bits per heavy atom. The zero-order valence-electron chi connectivity index (χ0n) is 13.2. The quantitative estimate of drug-likeness (QED) is 0.627. The second-order valence-electron chi connectivity index (χ2n) is 6.05. The highest BCUT2D eigenvalue weighted by Crippen LogP contribution is 2.31. The topological polar surface area (TPSA) is 9.23 Å². The smallest absolute Gasteiger partial charge is 0.162 e. The maximum Gasteiger partial charge on any atom is 0.162 e. The van der Waals surface area contributed by atoms with E-state index in [0.29, 0.717) is 17.0 Å². The molecule has 0 saturated carbocycles. The Balaban J connectivity index is 1.45.